The molecule has 0 radical (unpaired) electrons. The quantitative estimate of drug-likeness (QED) is 0.199. The maximum atomic E-state index is 9.96. The Morgan fingerprint density at radius 2 is 0.773 bits per heavy atom. The van der Waals surface area contributed by atoms with E-state index in [4.69, 9.17) is 11.0 Å². The van der Waals surface area contributed by atoms with Crippen LogP contribution in [0.15, 0.2) is 170 Å². The molecule has 0 bridgehead atoms. The summed E-state index contributed by atoms with van der Waals surface area (Å²) in [4.78, 5) is 0. The molecule has 7 aromatic carbocycles. The fourth-order valence-corrected chi connectivity index (χ4v) is 6.14. The summed E-state index contributed by atoms with van der Waals surface area (Å²) >= 11 is 0. The van der Waals surface area contributed by atoms with Crippen molar-refractivity contribution in [3.63, 3.8) is 0 Å². The summed E-state index contributed by atoms with van der Waals surface area (Å²) in [5, 5.41) is 0.350. The zero-order chi connectivity index (χ0) is 37.7. The lowest BCUT2D eigenvalue weighted by Crippen LogP contribution is -1.95. The minimum Gasteiger partial charge on any atom is -0.309 e. The smallest absolute Gasteiger partial charge is 0.0653 e. The molecule has 0 unspecified atom stereocenters. The largest absolute Gasteiger partial charge is 0.309 e. The van der Waals surface area contributed by atoms with Gasteiger partial charge in [-0.15, -0.1) is 0 Å². The van der Waals surface area contributed by atoms with Gasteiger partial charge in [0.2, 0.25) is 0 Å². The summed E-state index contributed by atoms with van der Waals surface area (Å²) in [5.74, 6) is 0. The maximum Gasteiger partial charge on any atom is 0.0653 e. The minimum atomic E-state index is -0.480. The molecule has 0 aliphatic heterocycles. The Balaban J connectivity index is 1.53. The van der Waals surface area contributed by atoms with Crippen LogP contribution in [0.3, 0.4) is 0 Å². The minimum absolute atomic E-state index is 0.0657. The van der Waals surface area contributed by atoms with Crippen LogP contribution >= 0.6 is 0 Å². The summed E-state index contributed by atoms with van der Waals surface area (Å²) < 4.78 is 94.3. The summed E-state index contributed by atoms with van der Waals surface area (Å²) in [6, 6.07) is 30.5. The van der Waals surface area contributed by atoms with Gasteiger partial charge in [-0.2, -0.15) is 0 Å². The molecular weight excluding hydrogens is 532 g/mol. The third-order valence-electron chi connectivity index (χ3n) is 8.11. The van der Waals surface area contributed by atoms with Crippen molar-refractivity contribution < 1.29 is 13.7 Å². The lowest BCUT2D eigenvalue weighted by Gasteiger charge is -2.11. The number of nitrogens with zero attached hydrogens (tertiary/aromatic N) is 2. The van der Waals surface area contributed by atoms with Crippen LogP contribution in [-0.4, -0.2) is 9.13 Å². The van der Waals surface area contributed by atoms with Crippen molar-refractivity contribution in [3.8, 4) is 33.6 Å². The van der Waals surface area contributed by atoms with Crippen LogP contribution in [0.5, 0.6) is 0 Å². The van der Waals surface area contributed by atoms with Crippen molar-refractivity contribution in [2.75, 3.05) is 0 Å². The Hall–Kier alpha value is -5.86. The molecule has 206 valence electrons. The van der Waals surface area contributed by atoms with Gasteiger partial charge in [0.1, 0.15) is 0 Å². The number of aromatic nitrogens is 2. The fourth-order valence-electron chi connectivity index (χ4n) is 6.14. The van der Waals surface area contributed by atoms with Crippen molar-refractivity contribution in [2.45, 2.75) is 0 Å². The van der Waals surface area contributed by atoms with Crippen LogP contribution in [0, 0.1) is 0 Å². The standard InChI is InChI=1S/C42H28N2/c1-3-13-29(14-4-1)31-17-11-19-33(25-31)43-39-23-9-7-21-35(39)37-28-42-38(27-41(37)43)36-22-8-10-24-40(36)44(42)34-20-12-18-32(26-34)30-15-5-2-6-16-30/h1-28H/i7D,8D,9D,10D,21D,22D,23D,24D,27D,28D. The summed E-state index contributed by atoms with van der Waals surface area (Å²) in [5.41, 5.74) is 4.91. The summed E-state index contributed by atoms with van der Waals surface area (Å²) in [7, 11) is 0. The zero-order valence-electron chi connectivity index (χ0n) is 33.3. The van der Waals surface area contributed by atoms with E-state index in [1.54, 1.807) is 21.3 Å². The number of fused-ring (bicyclic) bond motifs is 6. The molecule has 0 spiro atoms. The van der Waals surface area contributed by atoms with Crippen molar-refractivity contribution >= 4 is 43.6 Å². The highest BCUT2D eigenvalue weighted by molar-refractivity contribution is 6.19. The van der Waals surface area contributed by atoms with Gasteiger partial charge in [0.05, 0.1) is 35.8 Å². The SMILES string of the molecule is [2H]c1c([2H])c([2H])c2c(c1[2H])c1c([2H])c3c(c([2H])c1n2-c1cccc(-c2ccccc2)c1)c1c([2H])c([2H])c([2H])c([2H])c1n3-c1cccc(-c2ccccc2)c1. The highest BCUT2D eigenvalue weighted by atomic mass is 15.0. The Morgan fingerprint density at radius 3 is 1.23 bits per heavy atom. The molecule has 2 aromatic heterocycles. The molecule has 0 N–H and O–H groups in total. The van der Waals surface area contributed by atoms with Crippen LogP contribution in [-0.2, 0) is 0 Å². The van der Waals surface area contributed by atoms with E-state index in [1.165, 1.54) is 0 Å². The molecular formula is C42H28N2. The second kappa shape index (κ2) is 9.86. The first-order valence-electron chi connectivity index (χ1n) is 19.3. The number of rotatable bonds is 4. The fraction of sp³-hybridized carbons (Fsp3) is 0. The molecule has 0 atom stereocenters. The van der Waals surface area contributed by atoms with Crippen molar-refractivity contribution in [1.29, 1.82) is 0 Å². The molecule has 0 aliphatic rings. The number of hydrogen-bond acceptors (Lipinski definition) is 0. The van der Waals surface area contributed by atoms with Crippen molar-refractivity contribution in [1.82, 2.24) is 9.13 Å². The van der Waals surface area contributed by atoms with E-state index in [0.29, 0.717) is 11.4 Å². The van der Waals surface area contributed by atoms with Crippen LogP contribution in [0.2, 0.25) is 0 Å². The van der Waals surface area contributed by atoms with E-state index in [-0.39, 0.29) is 79.9 Å². The topological polar surface area (TPSA) is 9.86 Å². The normalized spacial score (nSPS) is 14.8. The van der Waals surface area contributed by atoms with E-state index < -0.39 is 24.2 Å². The molecule has 2 heteroatoms. The van der Waals surface area contributed by atoms with Gasteiger partial charge in [0, 0.05) is 32.9 Å². The first kappa shape index (κ1) is 16.7. The van der Waals surface area contributed by atoms with Crippen LogP contribution in [0.1, 0.15) is 13.7 Å². The molecule has 2 nitrogen and oxygen atoms in total. The third kappa shape index (κ3) is 3.82. The van der Waals surface area contributed by atoms with E-state index in [2.05, 4.69) is 0 Å². The number of benzene rings is 7. The Kier molecular flexibility index (Phi) is 3.74. The molecule has 44 heavy (non-hydrogen) atoms. The van der Waals surface area contributed by atoms with Gasteiger partial charge in [-0.05, 0) is 70.7 Å². The molecule has 0 aliphatic carbocycles. The molecule has 0 saturated carbocycles. The second-order valence-corrected chi connectivity index (χ2v) is 10.6. The molecule has 0 saturated heterocycles. The van der Waals surface area contributed by atoms with Crippen molar-refractivity contribution in [3.05, 3.63) is 170 Å². The monoisotopic (exact) mass is 570 g/mol. The third-order valence-corrected chi connectivity index (χ3v) is 8.11. The predicted octanol–water partition coefficient (Wildman–Crippen LogP) is 11.2. The van der Waals surface area contributed by atoms with E-state index in [9.17, 15) is 2.74 Å². The summed E-state index contributed by atoms with van der Waals surface area (Å²) in [6.07, 6.45) is 0. The van der Waals surface area contributed by atoms with Crippen LogP contribution in [0.4, 0.5) is 0 Å². The average molecular weight is 571 g/mol. The molecule has 0 amide bonds. The van der Waals surface area contributed by atoms with Gasteiger partial charge in [0.25, 0.3) is 0 Å². The first-order valence-corrected chi connectivity index (χ1v) is 14.3. The van der Waals surface area contributed by atoms with Gasteiger partial charge in [-0.1, -0.05) is 121 Å². The van der Waals surface area contributed by atoms with Gasteiger partial charge in [-0.25, -0.2) is 0 Å². The van der Waals surface area contributed by atoms with Crippen LogP contribution < -0.4 is 0 Å². The lowest BCUT2D eigenvalue weighted by molar-refractivity contribution is 1.17. The second-order valence-electron chi connectivity index (χ2n) is 10.6. The maximum absolute atomic E-state index is 9.96. The Bertz CT molecular complexity index is 2830. The van der Waals surface area contributed by atoms with Gasteiger partial charge < -0.3 is 9.13 Å². The molecule has 9 aromatic rings. The highest BCUT2D eigenvalue weighted by Crippen LogP contribution is 2.40. The molecule has 2 heterocycles. The van der Waals surface area contributed by atoms with E-state index >= 15 is 0 Å². The average Bonchev–Trinajstić information content (AvgIpc) is 3.77. The highest BCUT2D eigenvalue weighted by Gasteiger charge is 2.18. The van der Waals surface area contributed by atoms with Gasteiger partial charge >= 0.3 is 0 Å². The predicted molar refractivity (Wildman–Crippen MR) is 186 cm³/mol. The van der Waals surface area contributed by atoms with Crippen LogP contribution in [0.25, 0.3) is 77.2 Å². The van der Waals surface area contributed by atoms with E-state index in [1.807, 2.05) is 97.1 Å². The number of hydrogen-bond donors (Lipinski definition) is 0. The lowest BCUT2D eigenvalue weighted by atomic mass is 10.1. The molecule has 9 rings (SSSR count). The molecule has 0 fully saturated rings. The van der Waals surface area contributed by atoms with Gasteiger partial charge in [0.15, 0.2) is 0 Å². The Labute approximate surface area is 269 Å². The van der Waals surface area contributed by atoms with Crippen molar-refractivity contribution in [2.24, 2.45) is 0 Å². The first-order chi connectivity index (χ1) is 26.0. The summed E-state index contributed by atoms with van der Waals surface area (Å²) in [6.45, 7) is 0. The Morgan fingerprint density at radius 1 is 0.364 bits per heavy atom. The zero-order valence-corrected chi connectivity index (χ0v) is 23.3. The van der Waals surface area contributed by atoms with Gasteiger partial charge in [-0.3, -0.25) is 0 Å². The van der Waals surface area contributed by atoms with E-state index in [0.717, 1.165) is 22.3 Å². The number of para-hydroxylation sites is 2.